The van der Waals surface area contributed by atoms with E-state index < -0.39 is 5.97 Å². The highest BCUT2D eigenvalue weighted by atomic mass is 16.4. The van der Waals surface area contributed by atoms with Crippen LogP contribution in [0.1, 0.15) is 24.8 Å². The van der Waals surface area contributed by atoms with E-state index in [9.17, 15) is 4.79 Å². The molecule has 2 aromatic carbocycles. The Bertz CT molecular complexity index is 638. The first kappa shape index (κ1) is 14.1. The van der Waals surface area contributed by atoms with Crippen molar-refractivity contribution in [1.29, 1.82) is 0 Å². The minimum atomic E-state index is -0.674. The highest BCUT2D eigenvalue weighted by Gasteiger charge is 2.21. The summed E-state index contributed by atoms with van der Waals surface area (Å²) in [5.41, 5.74) is 1.31. The van der Waals surface area contributed by atoms with Gasteiger partial charge in [-0.2, -0.15) is 0 Å². The minimum Gasteiger partial charge on any atom is -0.481 e. The smallest absolute Gasteiger partial charge is 0.303 e. The zero-order valence-corrected chi connectivity index (χ0v) is 12.2. The summed E-state index contributed by atoms with van der Waals surface area (Å²) in [5.74, 6) is -0.371. The van der Waals surface area contributed by atoms with Crippen LogP contribution in [0.25, 0.3) is 10.8 Å². The summed E-state index contributed by atoms with van der Waals surface area (Å²) in [6, 6.07) is 15.0. The molecular formula is C18H21NO2. The summed E-state index contributed by atoms with van der Waals surface area (Å²) in [6.07, 6.45) is 2.44. The van der Waals surface area contributed by atoms with E-state index in [1.54, 1.807) is 0 Å². The maximum Gasteiger partial charge on any atom is 0.303 e. The highest BCUT2D eigenvalue weighted by molar-refractivity contribution is 5.82. The number of fused-ring (bicyclic) bond motifs is 1. The Morgan fingerprint density at radius 2 is 2.00 bits per heavy atom. The van der Waals surface area contributed by atoms with Crippen LogP contribution in [0.3, 0.4) is 0 Å². The van der Waals surface area contributed by atoms with Crippen molar-refractivity contribution in [3.05, 3.63) is 48.0 Å². The lowest BCUT2D eigenvalue weighted by Crippen LogP contribution is -2.35. The normalized spacial score (nSPS) is 19.7. The van der Waals surface area contributed by atoms with Crippen LogP contribution < -0.4 is 0 Å². The lowest BCUT2D eigenvalue weighted by Gasteiger charge is -2.32. The molecule has 1 aliphatic rings. The van der Waals surface area contributed by atoms with Crippen molar-refractivity contribution in [2.24, 2.45) is 5.92 Å². The summed E-state index contributed by atoms with van der Waals surface area (Å²) in [5, 5.41) is 11.5. The average molecular weight is 283 g/mol. The van der Waals surface area contributed by atoms with E-state index in [1.165, 1.54) is 16.3 Å². The minimum absolute atomic E-state index is 0.300. The molecule has 110 valence electrons. The predicted molar refractivity (Wildman–Crippen MR) is 84.2 cm³/mol. The van der Waals surface area contributed by atoms with Crippen molar-refractivity contribution < 1.29 is 9.90 Å². The molecule has 1 saturated heterocycles. The maximum absolute atomic E-state index is 10.9. The van der Waals surface area contributed by atoms with E-state index in [0.29, 0.717) is 12.3 Å². The second-order valence-electron chi connectivity index (χ2n) is 6.02. The standard InChI is InChI=1S/C18H21NO2/c20-18(21)11-14-4-3-9-19(12-14)13-15-7-8-16-5-1-2-6-17(16)10-15/h1-2,5-8,10,14H,3-4,9,11-13H2,(H,20,21). The van der Waals surface area contributed by atoms with Gasteiger partial charge < -0.3 is 5.11 Å². The molecule has 0 radical (unpaired) electrons. The number of benzene rings is 2. The fourth-order valence-corrected chi connectivity index (χ4v) is 3.30. The topological polar surface area (TPSA) is 40.5 Å². The van der Waals surface area contributed by atoms with Gasteiger partial charge in [0.05, 0.1) is 0 Å². The molecule has 3 nitrogen and oxygen atoms in total. The molecule has 1 unspecified atom stereocenters. The molecule has 0 bridgehead atoms. The van der Waals surface area contributed by atoms with Gasteiger partial charge in [-0.05, 0) is 47.7 Å². The van der Waals surface area contributed by atoms with Crippen LogP contribution in [-0.4, -0.2) is 29.1 Å². The predicted octanol–water partition coefficient (Wildman–Crippen LogP) is 3.53. The molecule has 1 atom stereocenters. The van der Waals surface area contributed by atoms with Crippen LogP contribution in [0.15, 0.2) is 42.5 Å². The Balaban J connectivity index is 1.68. The number of piperidine rings is 1. The molecule has 3 rings (SSSR count). The molecule has 3 heteroatoms. The van der Waals surface area contributed by atoms with Crippen molar-refractivity contribution >= 4 is 16.7 Å². The summed E-state index contributed by atoms with van der Waals surface area (Å²) in [4.78, 5) is 13.3. The van der Waals surface area contributed by atoms with E-state index >= 15 is 0 Å². The van der Waals surface area contributed by atoms with Crippen molar-refractivity contribution in [2.75, 3.05) is 13.1 Å². The second kappa shape index (κ2) is 6.27. The van der Waals surface area contributed by atoms with Crippen LogP contribution in [0.2, 0.25) is 0 Å². The fraction of sp³-hybridized carbons (Fsp3) is 0.389. The Hall–Kier alpha value is -1.87. The molecule has 1 N–H and O–H groups in total. The van der Waals surface area contributed by atoms with Crippen LogP contribution >= 0.6 is 0 Å². The van der Waals surface area contributed by atoms with Gasteiger partial charge in [-0.15, -0.1) is 0 Å². The summed E-state index contributed by atoms with van der Waals surface area (Å²) in [6.45, 7) is 2.89. The third-order valence-corrected chi connectivity index (χ3v) is 4.29. The number of aliphatic carboxylic acids is 1. The molecule has 21 heavy (non-hydrogen) atoms. The SMILES string of the molecule is O=C(O)CC1CCCN(Cc2ccc3ccccc3c2)C1. The Kier molecular flexibility index (Phi) is 4.20. The lowest BCUT2D eigenvalue weighted by molar-refractivity contribution is -0.138. The fourth-order valence-electron chi connectivity index (χ4n) is 3.30. The average Bonchev–Trinajstić information content (AvgIpc) is 2.47. The van der Waals surface area contributed by atoms with E-state index in [4.69, 9.17) is 5.11 Å². The summed E-state index contributed by atoms with van der Waals surface area (Å²) in [7, 11) is 0. The third-order valence-electron chi connectivity index (χ3n) is 4.29. The van der Waals surface area contributed by atoms with Gasteiger partial charge in [0.15, 0.2) is 0 Å². The summed E-state index contributed by atoms with van der Waals surface area (Å²) >= 11 is 0. The number of rotatable bonds is 4. The van der Waals surface area contributed by atoms with Gasteiger partial charge in [-0.3, -0.25) is 9.69 Å². The van der Waals surface area contributed by atoms with Gasteiger partial charge in [-0.1, -0.05) is 36.4 Å². The third kappa shape index (κ3) is 3.61. The molecule has 0 spiro atoms. The highest BCUT2D eigenvalue weighted by Crippen LogP contribution is 2.22. The Morgan fingerprint density at radius 3 is 2.81 bits per heavy atom. The molecule has 0 aliphatic carbocycles. The molecule has 0 amide bonds. The van der Waals surface area contributed by atoms with Crippen molar-refractivity contribution in [1.82, 2.24) is 4.90 Å². The van der Waals surface area contributed by atoms with Gasteiger partial charge in [-0.25, -0.2) is 0 Å². The van der Waals surface area contributed by atoms with Gasteiger partial charge >= 0.3 is 5.97 Å². The first-order valence-electron chi connectivity index (χ1n) is 7.62. The largest absolute Gasteiger partial charge is 0.481 e. The number of likely N-dealkylation sites (tertiary alicyclic amines) is 1. The number of hydrogen-bond acceptors (Lipinski definition) is 2. The van der Waals surface area contributed by atoms with Crippen molar-refractivity contribution in [3.8, 4) is 0 Å². The number of carboxylic acid groups (broad SMARTS) is 1. The van der Waals surface area contributed by atoms with Gasteiger partial charge in [0, 0.05) is 19.5 Å². The number of hydrogen-bond donors (Lipinski definition) is 1. The quantitative estimate of drug-likeness (QED) is 0.933. The van der Waals surface area contributed by atoms with Crippen LogP contribution in [0, 0.1) is 5.92 Å². The molecule has 2 aromatic rings. The van der Waals surface area contributed by atoms with Gasteiger partial charge in [0.1, 0.15) is 0 Å². The Labute approximate surface area is 125 Å². The molecule has 1 aliphatic heterocycles. The monoisotopic (exact) mass is 283 g/mol. The zero-order chi connectivity index (χ0) is 14.7. The van der Waals surface area contributed by atoms with Crippen molar-refractivity contribution in [2.45, 2.75) is 25.8 Å². The zero-order valence-electron chi connectivity index (χ0n) is 12.2. The van der Waals surface area contributed by atoms with Gasteiger partial charge in [0.2, 0.25) is 0 Å². The van der Waals surface area contributed by atoms with Crippen LogP contribution in [-0.2, 0) is 11.3 Å². The molecule has 0 aromatic heterocycles. The van der Waals surface area contributed by atoms with Crippen LogP contribution in [0.5, 0.6) is 0 Å². The van der Waals surface area contributed by atoms with Crippen molar-refractivity contribution in [3.63, 3.8) is 0 Å². The van der Waals surface area contributed by atoms with E-state index in [2.05, 4.69) is 47.4 Å². The van der Waals surface area contributed by atoms with E-state index in [1.807, 2.05) is 0 Å². The number of carboxylic acids is 1. The van der Waals surface area contributed by atoms with Crippen LogP contribution in [0.4, 0.5) is 0 Å². The first-order chi connectivity index (χ1) is 10.2. The van der Waals surface area contributed by atoms with E-state index in [0.717, 1.165) is 32.5 Å². The van der Waals surface area contributed by atoms with Gasteiger partial charge in [0.25, 0.3) is 0 Å². The Morgan fingerprint density at radius 1 is 1.19 bits per heavy atom. The molecule has 1 heterocycles. The molecule has 1 fully saturated rings. The molecule has 0 saturated carbocycles. The first-order valence-corrected chi connectivity index (χ1v) is 7.62. The number of carbonyl (C=O) groups is 1. The van der Waals surface area contributed by atoms with E-state index in [-0.39, 0.29) is 0 Å². The maximum atomic E-state index is 10.9. The second-order valence-corrected chi connectivity index (χ2v) is 6.02. The number of nitrogens with zero attached hydrogens (tertiary/aromatic N) is 1. The molecular weight excluding hydrogens is 262 g/mol. The lowest BCUT2D eigenvalue weighted by atomic mass is 9.94. The summed E-state index contributed by atoms with van der Waals surface area (Å²) < 4.78 is 0.